The second-order valence-corrected chi connectivity index (χ2v) is 6.93. The lowest BCUT2D eigenvalue weighted by Crippen LogP contribution is -2.29. The maximum Gasteiger partial charge on any atom is 0.269 e. The van der Waals surface area contributed by atoms with E-state index >= 15 is 0 Å². The van der Waals surface area contributed by atoms with Crippen LogP contribution in [0.4, 0.5) is 5.69 Å². The third-order valence-electron chi connectivity index (χ3n) is 5.00. The van der Waals surface area contributed by atoms with E-state index in [4.69, 9.17) is 4.74 Å². The molecule has 2 amide bonds. The molecule has 0 spiro atoms. The van der Waals surface area contributed by atoms with Crippen molar-refractivity contribution in [2.24, 2.45) is 0 Å². The zero-order valence-corrected chi connectivity index (χ0v) is 16.0. The predicted molar refractivity (Wildman–Crippen MR) is 109 cm³/mol. The molecule has 7 heteroatoms. The molecule has 1 aliphatic rings. The largest absolute Gasteiger partial charge is 0.372 e. The van der Waals surface area contributed by atoms with Crippen molar-refractivity contribution in [2.45, 2.75) is 19.8 Å². The highest BCUT2D eigenvalue weighted by atomic mass is 16.6. The summed E-state index contributed by atoms with van der Waals surface area (Å²) in [6.07, 6.45) is 0. The fourth-order valence-corrected chi connectivity index (χ4v) is 3.40. The Labute approximate surface area is 172 Å². The fraction of sp³-hybridized carbons (Fsp3) is 0.130. The number of fused-ring (bicyclic) bond motifs is 1. The van der Waals surface area contributed by atoms with Crippen LogP contribution in [0.1, 0.15) is 37.4 Å². The van der Waals surface area contributed by atoms with E-state index in [1.54, 1.807) is 36.4 Å². The Bertz CT molecular complexity index is 1090. The topological polar surface area (TPSA) is 89.8 Å². The van der Waals surface area contributed by atoms with Gasteiger partial charge in [0.15, 0.2) is 0 Å². The molecule has 0 N–H and O–H groups in total. The molecule has 0 atom stereocenters. The van der Waals surface area contributed by atoms with E-state index < -0.39 is 4.92 Å². The first kappa shape index (κ1) is 19.5. The third kappa shape index (κ3) is 3.83. The minimum Gasteiger partial charge on any atom is -0.372 e. The van der Waals surface area contributed by atoms with Crippen LogP contribution in [0.5, 0.6) is 0 Å². The molecule has 4 rings (SSSR count). The number of nitrogens with zero attached hydrogens (tertiary/aromatic N) is 2. The number of carbonyl (C=O) groups is 2. The number of ether oxygens (including phenoxy) is 1. The van der Waals surface area contributed by atoms with Gasteiger partial charge in [-0.25, -0.2) is 0 Å². The molecule has 0 saturated heterocycles. The van der Waals surface area contributed by atoms with Crippen molar-refractivity contribution in [3.63, 3.8) is 0 Å². The summed E-state index contributed by atoms with van der Waals surface area (Å²) >= 11 is 0. The van der Waals surface area contributed by atoms with Crippen molar-refractivity contribution >= 4 is 17.5 Å². The summed E-state index contributed by atoms with van der Waals surface area (Å²) in [4.78, 5) is 36.8. The number of nitro groups is 1. The monoisotopic (exact) mass is 402 g/mol. The van der Waals surface area contributed by atoms with Crippen LogP contribution in [0.3, 0.4) is 0 Å². The zero-order valence-electron chi connectivity index (χ0n) is 16.0. The van der Waals surface area contributed by atoms with Crippen LogP contribution >= 0.6 is 0 Å². The van der Waals surface area contributed by atoms with Crippen LogP contribution in [0.25, 0.3) is 0 Å². The molecule has 0 aromatic heterocycles. The molecular formula is C23H18N2O5. The number of hydrogen-bond acceptors (Lipinski definition) is 5. The van der Waals surface area contributed by atoms with Crippen molar-refractivity contribution in [1.82, 2.24) is 4.90 Å². The molecule has 0 saturated carbocycles. The summed E-state index contributed by atoms with van der Waals surface area (Å²) in [7, 11) is 0. The average molecular weight is 402 g/mol. The third-order valence-corrected chi connectivity index (χ3v) is 5.00. The number of amides is 2. The first-order chi connectivity index (χ1) is 14.5. The molecular weight excluding hydrogens is 384 g/mol. The molecule has 3 aromatic rings. The molecule has 0 bridgehead atoms. The minimum absolute atomic E-state index is 0.0324. The maximum atomic E-state index is 12.6. The Balaban J connectivity index is 1.43. The Morgan fingerprint density at radius 3 is 1.93 bits per heavy atom. The van der Waals surface area contributed by atoms with Crippen molar-refractivity contribution in [3.8, 4) is 0 Å². The smallest absolute Gasteiger partial charge is 0.269 e. The lowest BCUT2D eigenvalue weighted by molar-refractivity contribution is -0.384. The minimum atomic E-state index is -0.444. The van der Waals surface area contributed by atoms with Crippen LogP contribution in [0.15, 0.2) is 72.8 Å². The van der Waals surface area contributed by atoms with Gasteiger partial charge in [-0.05, 0) is 41.0 Å². The number of rotatable bonds is 7. The molecule has 0 fully saturated rings. The van der Waals surface area contributed by atoms with E-state index in [9.17, 15) is 19.7 Å². The van der Waals surface area contributed by atoms with Gasteiger partial charge in [0.25, 0.3) is 17.5 Å². The van der Waals surface area contributed by atoms with Crippen molar-refractivity contribution in [3.05, 3.63) is 111 Å². The Morgan fingerprint density at radius 2 is 1.33 bits per heavy atom. The highest BCUT2D eigenvalue weighted by molar-refractivity contribution is 6.21. The molecule has 0 aliphatic carbocycles. The van der Waals surface area contributed by atoms with Crippen LogP contribution in [-0.4, -0.2) is 21.6 Å². The molecule has 1 heterocycles. The van der Waals surface area contributed by atoms with Crippen LogP contribution < -0.4 is 0 Å². The average Bonchev–Trinajstić information content (AvgIpc) is 3.00. The van der Waals surface area contributed by atoms with Gasteiger partial charge in [-0.2, -0.15) is 0 Å². The second kappa shape index (κ2) is 8.26. The zero-order chi connectivity index (χ0) is 21.1. The standard InChI is InChI=1S/C23H18N2O5/c26-22-20-7-3-4-8-21(20)23(27)24(22)13-17-5-1-2-6-18(17)15-30-14-16-9-11-19(12-10-16)25(28)29/h1-12H,13-15H2. The van der Waals surface area contributed by atoms with Crippen LogP contribution in [-0.2, 0) is 24.5 Å². The maximum absolute atomic E-state index is 12.6. The van der Waals surface area contributed by atoms with Crippen LogP contribution in [0, 0.1) is 10.1 Å². The van der Waals surface area contributed by atoms with Gasteiger partial charge in [-0.3, -0.25) is 24.6 Å². The molecule has 0 radical (unpaired) electrons. The first-order valence-electron chi connectivity index (χ1n) is 9.37. The lowest BCUT2D eigenvalue weighted by atomic mass is 10.1. The number of benzene rings is 3. The van der Waals surface area contributed by atoms with Gasteiger partial charge in [0.2, 0.25) is 0 Å². The molecule has 1 aliphatic heterocycles. The number of carbonyl (C=O) groups excluding carboxylic acids is 2. The van der Waals surface area contributed by atoms with E-state index in [-0.39, 0.29) is 30.7 Å². The van der Waals surface area contributed by atoms with Gasteiger partial charge in [0, 0.05) is 12.1 Å². The van der Waals surface area contributed by atoms with Crippen molar-refractivity contribution in [1.29, 1.82) is 0 Å². The number of nitro benzene ring substituents is 1. The van der Waals surface area contributed by atoms with Gasteiger partial charge in [-0.1, -0.05) is 36.4 Å². The van der Waals surface area contributed by atoms with Gasteiger partial charge in [0.1, 0.15) is 0 Å². The van der Waals surface area contributed by atoms with E-state index in [0.717, 1.165) is 16.7 Å². The Kier molecular flexibility index (Phi) is 5.36. The highest BCUT2D eigenvalue weighted by Gasteiger charge is 2.35. The second-order valence-electron chi connectivity index (χ2n) is 6.93. The van der Waals surface area contributed by atoms with Gasteiger partial charge in [0.05, 0.1) is 35.8 Å². The summed E-state index contributed by atoms with van der Waals surface area (Å²) < 4.78 is 5.77. The molecule has 7 nitrogen and oxygen atoms in total. The first-order valence-corrected chi connectivity index (χ1v) is 9.37. The summed E-state index contributed by atoms with van der Waals surface area (Å²) in [5.41, 5.74) is 3.40. The van der Waals surface area contributed by atoms with E-state index in [2.05, 4.69) is 0 Å². The fourth-order valence-electron chi connectivity index (χ4n) is 3.40. The SMILES string of the molecule is O=C1c2ccccc2C(=O)N1Cc1ccccc1COCc1ccc([N+](=O)[O-])cc1. The van der Waals surface area contributed by atoms with Gasteiger partial charge >= 0.3 is 0 Å². The van der Waals surface area contributed by atoms with E-state index in [0.29, 0.717) is 17.7 Å². The Hall–Kier alpha value is -3.84. The lowest BCUT2D eigenvalue weighted by Gasteiger charge is -2.17. The Morgan fingerprint density at radius 1 is 0.767 bits per heavy atom. The van der Waals surface area contributed by atoms with Gasteiger partial charge in [-0.15, -0.1) is 0 Å². The van der Waals surface area contributed by atoms with Crippen molar-refractivity contribution in [2.75, 3.05) is 0 Å². The van der Waals surface area contributed by atoms with Crippen molar-refractivity contribution < 1.29 is 19.2 Å². The summed E-state index contributed by atoms with van der Waals surface area (Å²) in [5, 5.41) is 10.7. The highest BCUT2D eigenvalue weighted by Crippen LogP contribution is 2.25. The molecule has 0 unspecified atom stereocenters. The quantitative estimate of drug-likeness (QED) is 0.337. The summed E-state index contributed by atoms with van der Waals surface area (Å²) in [6, 6.07) is 20.5. The normalized spacial score (nSPS) is 12.9. The number of non-ortho nitro benzene ring substituents is 1. The van der Waals surface area contributed by atoms with Crippen LogP contribution in [0.2, 0.25) is 0 Å². The summed E-state index contributed by atoms with van der Waals surface area (Å²) in [5.74, 6) is -0.589. The molecule has 30 heavy (non-hydrogen) atoms. The predicted octanol–water partition coefficient (Wildman–Crippen LogP) is 4.11. The van der Waals surface area contributed by atoms with E-state index in [1.165, 1.54) is 17.0 Å². The van der Waals surface area contributed by atoms with Gasteiger partial charge < -0.3 is 4.74 Å². The van der Waals surface area contributed by atoms with E-state index in [1.807, 2.05) is 24.3 Å². The molecule has 150 valence electrons. The number of hydrogen-bond donors (Lipinski definition) is 0. The number of imide groups is 1. The molecule has 3 aromatic carbocycles. The summed E-state index contributed by atoms with van der Waals surface area (Å²) in [6.45, 7) is 0.749.